The molecule has 20 heavy (non-hydrogen) atoms. The van der Waals surface area contributed by atoms with E-state index in [1.807, 2.05) is 30.3 Å². The number of hydrogen-bond donors (Lipinski definition) is 3. The van der Waals surface area contributed by atoms with Gasteiger partial charge in [-0.25, -0.2) is 0 Å². The normalized spacial score (nSPS) is 27.9. The van der Waals surface area contributed by atoms with Gasteiger partial charge in [-0.15, -0.1) is 0 Å². The van der Waals surface area contributed by atoms with Gasteiger partial charge in [-0.2, -0.15) is 0 Å². The highest BCUT2D eigenvalue weighted by Crippen LogP contribution is 2.19. The van der Waals surface area contributed by atoms with Crippen molar-refractivity contribution in [2.75, 3.05) is 6.54 Å². The molecule has 1 aromatic rings. The molecule has 1 heterocycles. The van der Waals surface area contributed by atoms with E-state index in [-0.39, 0.29) is 24.4 Å². The lowest BCUT2D eigenvalue weighted by molar-refractivity contribution is -0.124. The minimum Gasteiger partial charge on any atom is -0.388 e. The van der Waals surface area contributed by atoms with Gasteiger partial charge in [-0.3, -0.25) is 4.79 Å². The number of hydrogen-bond acceptors (Lipinski definition) is 3. The van der Waals surface area contributed by atoms with Crippen LogP contribution in [0.15, 0.2) is 30.3 Å². The summed E-state index contributed by atoms with van der Waals surface area (Å²) in [6, 6.07) is 9.72. The van der Waals surface area contributed by atoms with Gasteiger partial charge in [-0.1, -0.05) is 37.3 Å². The number of carbonyl (C=O) groups is 1. The fourth-order valence-corrected chi connectivity index (χ4v) is 2.82. The van der Waals surface area contributed by atoms with Gasteiger partial charge in [-0.05, 0) is 31.4 Å². The molecule has 110 valence electrons. The second kappa shape index (κ2) is 6.86. The topological polar surface area (TPSA) is 61.4 Å². The summed E-state index contributed by atoms with van der Waals surface area (Å²) in [5.41, 5.74) is 0.783. The maximum absolute atomic E-state index is 12.1. The van der Waals surface area contributed by atoms with Crippen molar-refractivity contribution in [1.82, 2.24) is 10.6 Å². The Morgan fingerprint density at radius 3 is 2.75 bits per heavy atom. The maximum Gasteiger partial charge on any atom is 0.223 e. The molecule has 4 nitrogen and oxygen atoms in total. The van der Waals surface area contributed by atoms with E-state index in [0.717, 1.165) is 18.5 Å². The van der Waals surface area contributed by atoms with Crippen LogP contribution in [0.1, 0.15) is 38.4 Å². The van der Waals surface area contributed by atoms with Gasteiger partial charge in [0.1, 0.15) is 0 Å². The summed E-state index contributed by atoms with van der Waals surface area (Å²) < 4.78 is 0. The lowest BCUT2D eigenvalue weighted by atomic mass is 9.89. The number of carbonyl (C=O) groups excluding carboxylic acids is 1. The Kier molecular flexibility index (Phi) is 5.15. The second-order valence-electron chi connectivity index (χ2n) is 5.73. The lowest BCUT2D eigenvalue weighted by Crippen LogP contribution is -2.56. The zero-order valence-electron chi connectivity index (χ0n) is 12.2. The van der Waals surface area contributed by atoms with Crippen molar-refractivity contribution in [3.63, 3.8) is 0 Å². The molecule has 0 saturated carbocycles. The standard InChI is InChI=1S/C16H24N2O2/c1-11-8-9-17-12(2)16(11)18-15(20)10-14(19)13-6-4-3-5-7-13/h3-7,11-12,14,16-17,19H,8-10H2,1-2H3,(H,18,20)/t11-,12-,14-,16-/m1/s1. The smallest absolute Gasteiger partial charge is 0.223 e. The molecule has 1 aliphatic heterocycles. The summed E-state index contributed by atoms with van der Waals surface area (Å²) in [6.45, 7) is 5.26. The molecule has 1 fully saturated rings. The molecule has 0 spiro atoms. The highest BCUT2D eigenvalue weighted by atomic mass is 16.3. The van der Waals surface area contributed by atoms with Crippen molar-refractivity contribution < 1.29 is 9.90 Å². The maximum atomic E-state index is 12.1. The van der Waals surface area contributed by atoms with Gasteiger partial charge < -0.3 is 15.7 Å². The first kappa shape index (κ1) is 15.0. The van der Waals surface area contributed by atoms with Crippen molar-refractivity contribution in [2.24, 2.45) is 5.92 Å². The first-order valence-electron chi connectivity index (χ1n) is 7.33. The van der Waals surface area contributed by atoms with Crippen LogP contribution in [0.5, 0.6) is 0 Å². The average Bonchev–Trinajstić information content (AvgIpc) is 2.44. The van der Waals surface area contributed by atoms with E-state index in [1.165, 1.54) is 0 Å². The van der Waals surface area contributed by atoms with Crippen LogP contribution in [-0.2, 0) is 4.79 Å². The molecule has 1 aromatic carbocycles. The lowest BCUT2D eigenvalue weighted by Gasteiger charge is -2.36. The molecule has 0 bridgehead atoms. The van der Waals surface area contributed by atoms with E-state index in [2.05, 4.69) is 24.5 Å². The van der Waals surface area contributed by atoms with E-state index in [1.54, 1.807) is 0 Å². The molecule has 2 rings (SSSR count). The van der Waals surface area contributed by atoms with Crippen LogP contribution in [-0.4, -0.2) is 29.6 Å². The number of benzene rings is 1. The van der Waals surface area contributed by atoms with Crippen LogP contribution in [0, 0.1) is 5.92 Å². The van der Waals surface area contributed by atoms with Gasteiger partial charge in [0.25, 0.3) is 0 Å². The van der Waals surface area contributed by atoms with Crippen LogP contribution in [0.3, 0.4) is 0 Å². The second-order valence-corrected chi connectivity index (χ2v) is 5.73. The summed E-state index contributed by atoms with van der Waals surface area (Å²) in [4.78, 5) is 12.1. The number of aliphatic hydroxyl groups is 1. The highest BCUT2D eigenvalue weighted by Gasteiger charge is 2.29. The van der Waals surface area contributed by atoms with Gasteiger partial charge in [0, 0.05) is 12.1 Å². The molecule has 4 heteroatoms. The summed E-state index contributed by atoms with van der Waals surface area (Å²) in [7, 11) is 0. The van der Waals surface area contributed by atoms with Crippen LogP contribution < -0.4 is 10.6 Å². The number of aliphatic hydroxyl groups excluding tert-OH is 1. The van der Waals surface area contributed by atoms with Crippen molar-refractivity contribution >= 4 is 5.91 Å². The van der Waals surface area contributed by atoms with E-state index in [9.17, 15) is 9.90 Å². The highest BCUT2D eigenvalue weighted by molar-refractivity contribution is 5.77. The molecule has 3 N–H and O–H groups in total. The van der Waals surface area contributed by atoms with Crippen molar-refractivity contribution in [1.29, 1.82) is 0 Å². The van der Waals surface area contributed by atoms with Gasteiger partial charge in [0.05, 0.1) is 12.5 Å². The minimum atomic E-state index is -0.738. The number of rotatable bonds is 4. The van der Waals surface area contributed by atoms with Crippen molar-refractivity contribution in [3.8, 4) is 0 Å². The monoisotopic (exact) mass is 276 g/mol. The molecule has 0 aliphatic carbocycles. The Labute approximate surface area is 120 Å². The molecule has 1 amide bonds. The molecule has 4 atom stereocenters. The molecule has 0 unspecified atom stereocenters. The van der Waals surface area contributed by atoms with Gasteiger partial charge >= 0.3 is 0 Å². The fraction of sp³-hybridized carbons (Fsp3) is 0.562. The van der Waals surface area contributed by atoms with E-state index in [4.69, 9.17) is 0 Å². The third-order valence-corrected chi connectivity index (χ3v) is 4.11. The predicted molar refractivity (Wildman–Crippen MR) is 79.2 cm³/mol. The Balaban J connectivity index is 1.89. The van der Waals surface area contributed by atoms with E-state index < -0.39 is 6.10 Å². The van der Waals surface area contributed by atoms with Crippen LogP contribution >= 0.6 is 0 Å². The fourth-order valence-electron chi connectivity index (χ4n) is 2.82. The van der Waals surface area contributed by atoms with Gasteiger partial charge in [0.15, 0.2) is 0 Å². The summed E-state index contributed by atoms with van der Waals surface area (Å²) in [6.07, 6.45) is 0.439. The number of amides is 1. The molecule has 0 aromatic heterocycles. The molecular formula is C16H24N2O2. The molecule has 1 saturated heterocycles. The third kappa shape index (κ3) is 3.81. The van der Waals surface area contributed by atoms with Crippen LogP contribution in [0.2, 0.25) is 0 Å². The summed E-state index contributed by atoms with van der Waals surface area (Å²) in [5.74, 6) is 0.373. The van der Waals surface area contributed by atoms with E-state index in [0.29, 0.717) is 5.92 Å². The van der Waals surface area contributed by atoms with Crippen LogP contribution in [0.4, 0.5) is 0 Å². The number of piperidine rings is 1. The zero-order chi connectivity index (χ0) is 14.5. The van der Waals surface area contributed by atoms with Crippen molar-refractivity contribution in [2.45, 2.75) is 44.9 Å². The largest absolute Gasteiger partial charge is 0.388 e. The summed E-state index contributed by atoms with van der Waals surface area (Å²) >= 11 is 0. The minimum absolute atomic E-state index is 0.0891. The van der Waals surface area contributed by atoms with Crippen molar-refractivity contribution in [3.05, 3.63) is 35.9 Å². The Hall–Kier alpha value is -1.39. The molecular weight excluding hydrogens is 252 g/mol. The number of nitrogens with one attached hydrogen (secondary N) is 2. The Bertz CT molecular complexity index is 425. The van der Waals surface area contributed by atoms with Gasteiger partial charge in [0.2, 0.25) is 5.91 Å². The first-order valence-corrected chi connectivity index (χ1v) is 7.33. The SMILES string of the molecule is C[C@@H]1CCN[C@H](C)[C@@H]1NC(=O)C[C@@H](O)c1ccccc1. The molecule has 0 radical (unpaired) electrons. The average molecular weight is 276 g/mol. The first-order chi connectivity index (χ1) is 9.58. The third-order valence-electron chi connectivity index (χ3n) is 4.11. The summed E-state index contributed by atoms with van der Waals surface area (Å²) in [5, 5.41) is 16.5. The quantitative estimate of drug-likeness (QED) is 0.783. The Morgan fingerprint density at radius 2 is 2.10 bits per heavy atom. The predicted octanol–water partition coefficient (Wildman–Crippen LogP) is 1.61. The van der Waals surface area contributed by atoms with Crippen LogP contribution in [0.25, 0.3) is 0 Å². The van der Waals surface area contributed by atoms with E-state index >= 15 is 0 Å². The zero-order valence-corrected chi connectivity index (χ0v) is 12.2. The Morgan fingerprint density at radius 1 is 1.40 bits per heavy atom. The molecule has 1 aliphatic rings.